The first-order chi connectivity index (χ1) is 16.5. The normalized spacial score (nSPS) is 16.0. The number of hydrogen-bond acceptors (Lipinski definition) is 5. The Kier molecular flexibility index (Phi) is 9.03. The van der Waals surface area contributed by atoms with Crippen molar-refractivity contribution in [2.45, 2.75) is 38.3 Å². The fraction of sp³-hybridized carbons (Fsp3) is 0.296. The third-order valence-corrected chi connectivity index (χ3v) is 5.71. The lowest BCUT2D eigenvalue weighted by Gasteiger charge is -2.35. The average molecular weight is 462 g/mol. The molecule has 1 aliphatic heterocycles. The molecule has 2 atom stereocenters. The van der Waals surface area contributed by atoms with Gasteiger partial charge < -0.3 is 20.1 Å². The maximum absolute atomic E-state index is 12.4. The van der Waals surface area contributed by atoms with Gasteiger partial charge in [0.2, 0.25) is 11.8 Å². The van der Waals surface area contributed by atoms with Crippen LogP contribution in [0.3, 0.4) is 0 Å². The van der Waals surface area contributed by atoms with Crippen LogP contribution in [0.5, 0.6) is 5.88 Å². The Hall–Kier alpha value is -3.87. The number of carbonyl (C=O) groups excluding carboxylic acids is 2. The Balaban J connectivity index is 0.000000469. The summed E-state index contributed by atoms with van der Waals surface area (Å²) in [4.78, 5) is 29.2. The zero-order valence-electron chi connectivity index (χ0n) is 19.6. The van der Waals surface area contributed by atoms with Crippen LogP contribution in [0.15, 0.2) is 79.0 Å². The molecule has 1 saturated heterocycles. The summed E-state index contributed by atoms with van der Waals surface area (Å²) in [5.74, 6) is 0.200. The van der Waals surface area contributed by atoms with Crippen molar-refractivity contribution in [3.05, 3.63) is 84.6 Å². The predicted octanol–water partition coefficient (Wildman–Crippen LogP) is 4.98. The highest BCUT2D eigenvalue weighted by molar-refractivity contribution is 5.74. The van der Waals surface area contributed by atoms with Crippen molar-refractivity contribution in [3.63, 3.8) is 0 Å². The highest BCUT2D eigenvalue weighted by Crippen LogP contribution is 2.28. The number of nitrogens with two attached hydrogens (primary N) is 1. The van der Waals surface area contributed by atoms with Gasteiger partial charge in [0.15, 0.2) is 0 Å². The van der Waals surface area contributed by atoms with Crippen LogP contribution in [0.1, 0.15) is 37.8 Å². The third kappa shape index (κ3) is 7.07. The summed E-state index contributed by atoms with van der Waals surface area (Å²) in [5, 5.41) is 0. The van der Waals surface area contributed by atoms with E-state index in [1.807, 2.05) is 79.7 Å². The van der Waals surface area contributed by atoms with Crippen LogP contribution in [0.25, 0.3) is 11.1 Å². The largest absolute Gasteiger partial charge is 0.481 e. The van der Waals surface area contributed by atoms with Crippen LogP contribution in [0, 0.1) is 0 Å². The number of pyridine rings is 1. The van der Waals surface area contributed by atoms with Gasteiger partial charge in [0.25, 0.3) is 0 Å². The van der Waals surface area contributed by atoms with Crippen molar-refractivity contribution in [2.24, 2.45) is 5.73 Å². The van der Waals surface area contributed by atoms with Gasteiger partial charge in [0.1, 0.15) is 6.10 Å². The summed E-state index contributed by atoms with van der Waals surface area (Å²) in [6.07, 6.45) is 2.58. The van der Waals surface area contributed by atoms with Crippen LogP contribution < -0.4 is 10.5 Å². The number of primary amides is 1. The van der Waals surface area contributed by atoms with Crippen molar-refractivity contribution in [1.82, 2.24) is 9.88 Å². The monoisotopic (exact) mass is 461 g/mol. The van der Waals surface area contributed by atoms with E-state index in [1.165, 1.54) is 0 Å². The molecule has 7 nitrogen and oxygen atoms in total. The van der Waals surface area contributed by atoms with Gasteiger partial charge in [-0.3, -0.25) is 4.79 Å². The molecule has 2 aromatic carbocycles. The molecule has 34 heavy (non-hydrogen) atoms. The first-order valence-corrected chi connectivity index (χ1v) is 11.3. The molecule has 3 aromatic rings. The maximum atomic E-state index is 12.4. The zero-order chi connectivity index (χ0) is 24.3. The third-order valence-electron chi connectivity index (χ3n) is 5.71. The van der Waals surface area contributed by atoms with Crippen LogP contribution in [-0.2, 0) is 9.53 Å². The number of rotatable bonds is 7. The quantitative estimate of drug-likeness (QED) is 0.535. The molecule has 2 unspecified atom stereocenters. The zero-order valence-corrected chi connectivity index (χ0v) is 19.6. The smallest absolute Gasteiger partial charge is 0.410 e. The van der Waals surface area contributed by atoms with Gasteiger partial charge >= 0.3 is 6.09 Å². The van der Waals surface area contributed by atoms with E-state index in [0.717, 1.165) is 16.7 Å². The van der Waals surface area contributed by atoms with E-state index in [9.17, 15) is 9.59 Å². The number of aromatic nitrogens is 1. The second kappa shape index (κ2) is 12.4. The SMILES string of the molecule is COc1ccc(-c2ccc(C(C)N3CCC(CCC(N)=O)OC3=O)cc2)cn1.c1ccccc1. The highest BCUT2D eigenvalue weighted by atomic mass is 16.6. The second-order valence-corrected chi connectivity index (χ2v) is 8.03. The number of nitrogens with zero attached hydrogens (tertiary/aromatic N) is 2. The van der Waals surface area contributed by atoms with Gasteiger partial charge in [-0.15, -0.1) is 0 Å². The van der Waals surface area contributed by atoms with Crippen molar-refractivity contribution in [2.75, 3.05) is 13.7 Å². The number of hydrogen-bond donors (Lipinski definition) is 1. The van der Waals surface area contributed by atoms with Gasteiger partial charge in [-0.25, -0.2) is 9.78 Å². The summed E-state index contributed by atoms with van der Waals surface area (Å²) >= 11 is 0. The molecule has 0 radical (unpaired) electrons. The minimum absolute atomic E-state index is 0.104. The minimum Gasteiger partial charge on any atom is -0.481 e. The summed E-state index contributed by atoms with van der Waals surface area (Å²) in [6, 6.07) is 23.7. The fourth-order valence-corrected chi connectivity index (χ4v) is 3.69. The van der Waals surface area contributed by atoms with E-state index in [-0.39, 0.29) is 30.6 Å². The lowest BCUT2D eigenvalue weighted by atomic mass is 10.0. The number of amides is 2. The number of carbonyl (C=O) groups is 2. The van der Waals surface area contributed by atoms with Gasteiger partial charge in [0, 0.05) is 37.2 Å². The van der Waals surface area contributed by atoms with Gasteiger partial charge in [-0.1, -0.05) is 60.7 Å². The average Bonchev–Trinajstić information content (AvgIpc) is 2.89. The molecular weight excluding hydrogens is 430 g/mol. The number of cyclic esters (lactones) is 1. The lowest BCUT2D eigenvalue weighted by molar-refractivity contribution is -0.118. The Morgan fingerprint density at radius 2 is 1.71 bits per heavy atom. The molecule has 1 aromatic heterocycles. The van der Waals surface area contributed by atoms with Crippen molar-refractivity contribution >= 4 is 12.0 Å². The summed E-state index contributed by atoms with van der Waals surface area (Å²) in [6.45, 7) is 2.57. The summed E-state index contributed by atoms with van der Waals surface area (Å²) < 4.78 is 10.5. The summed E-state index contributed by atoms with van der Waals surface area (Å²) in [5.41, 5.74) is 8.23. The summed E-state index contributed by atoms with van der Waals surface area (Å²) in [7, 11) is 1.59. The van der Waals surface area contributed by atoms with E-state index in [2.05, 4.69) is 4.98 Å². The molecule has 0 aliphatic carbocycles. The molecule has 7 heteroatoms. The molecule has 2 heterocycles. The second-order valence-electron chi connectivity index (χ2n) is 8.03. The molecule has 1 aliphatic rings. The molecule has 0 bridgehead atoms. The lowest BCUT2D eigenvalue weighted by Crippen LogP contribution is -2.43. The minimum atomic E-state index is -0.376. The van der Waals surface area contributed by atoms with E-state index in [4.69, 9.17) is 15.2 Å². The Morgan fingerprint density at radius 1 is 1.09 bits per heavy atom. The number of benzene rings is 2. The van der Waals surface area contributed by atoms with Crippen molar-refractivity contribution in [1.29, 1.82) is 0 Å². The molecule has 0 saturated carbocycles. The molecule has 2 amide bonds. The maximum Gasteiger partial charge on any atom is 0.410 e. The fourth-order valence-electron chi connectivity index (χ4n) is 3.69. The topological polar surface area (TPSA) is 94.8 Å². The molecule has 1 fully saturated rings. The standard InChI is InChI=1S/C21H25N3O4.C6H6/c1-14(24-12-11-18(28-21(24)26)8-9-19(22)25)15-3-5-16(6-4-15)17-7-10-20(27-2)23-13-17;1-2-4-6-5-3-1/h3-7,10,13-14,18H,8-9,11-12H2,1-2H3,(H2,22,25);1-6H. The van der Waals surface area contributed by atoms with Crippen LogP contribution in [0.2, 0.25) is 0 Å². The predicted molar refractivity (Wildman–Crippen MR) is 131 cm³/mol. The van der Waals surface area contributed by atoms with Gasteiger partial charge in [-0.2, -0.15) is 0 Å². The van der Waals surface area contributed by atoms with Crippen LogP contribution in [0.4, 0.5) is 4.79 Å². The van der Waals surface area contributed by atoms with Gasteiger partial charge in [0.05, 0.1) is 13.2 Å². The molecule has 4 rings (SSSR count). The van der Waals surface area contributed by atoms with Crippen molar-refractivity contribution < 1.29 is 19.1 Å². The van der Waals surface area contributed by atoms with E-state index in [0.29, 0.717) is 25.3 Å². The van der Waals surface area contributed by atoms with Crippen molar-refractivity contribution in [3.8, 4) is 17.0 Å². The van der Waals surface area contributed by atoms with Gasteiger partial charge in [-0.05, 0) is 30.5 Å². The van der Waals surface area contributed by atoms with E-state index >= 15 is 0 Å². The number of ether oxygens (including phenoxy) is 2. The van der Waals surface area contributed by atoms with E-state index < -0.39 is 0 Å². The molecule has 178 valence electrons. The van der Waals surface area contributed by atoms with Crippen LogP contribution in [-0.4, -0.2) is 41.6 Å². The Labute approximate surface area is 200 Å². The first kappa shape index (κ1) is 24.8. The van der Waals surface area contributed by atoms with E-state index in [1.54, 1.807) is 18.2 Å². The number of methoxy groups -OCH3 is 1. The highest BCUT2D eigenvalue weighted by Gasteiger charge is 2.31. The molecular formula is C27H31N3O4. The first-order valence-electron chi connectivity index (χ1n) is 11.3. The van der Waals surface area contributed by atoms with Crippen LogP contribution >= 0.6 is 0 Å². The molecule has 2 N–H and O–H groups in total. The Morgan fingerprint density at radius 3 is 2.21 bits per heavy atom. The Bertz CT molecular complexity index is 1010. The molecule has 0 spiro atoms.